The van der Waals surface area contributed by atoms with E-state index in [1.165, 1.54) is 0 Å². The van der Waals surface area contributed by atoms with Crippen LogP contribution in [-0.4, -0.2) is 49.9 Å². The monoisotopic (exact) mass is 287 g/mol. The van der Waals surface area contributed by atoms with Crippen molar-refractivity contribution in [3.63, 3.8) is 0 Å². The Morgan fingerprint density at radius 2 is 1.59 bits per heavy atom. The predicted molar refractivity (Wildman–Crippen MR) is 59.5 cm³/mol. The average molecular weight is 287 g/mol. The lowest BCUT2D eigenvalue weighted by molar-refractivity contribution is -0.116. The minimum Gasteiger partial charge on any atom is -0.352 e. The second-order valence-electron chi connectivity index (χ2n) is 3.31. The molecule has 0 rings (SSSR count). The molecule has 0 radical (unpaired) electrons. The Morgan fingerprint density at radius 3 is 1.88 bits per heavy atom. The van der Waals surface area contributed by atoms with Gasteiger partial charge < -0.3 is 5.32 Å². The molecule has 100 valence electrons. The first-order chi connectivity index (χ1) is 7.53. The topological polar surface area (TPSA) is 138 Å². The molecule has 0 aromatic heterocycles. The van der Waals surface area contributed by atoms with Crippen molar-refractivity contribution in [2.45, 2.75) is 0 Å². The molecule has 0 saturated carbocycles. The molecule has 0 unspecified atom stereocenters. The Morgan fingerprint density at radius 1 is 1.18 bits per heavy atom. The van der Waals surface area contributed by atoms with Crippen LogP contribution in [0, 0.1) is 5.92 Å². The van der Waals surface area contributed by atoms with Gasteiger partial charge in [-0.1, -0.05) is 6.58 Å². The van der Waals surface area contributed by atoms with E-state index in [9.17, 15) is 21.6 Å². The van der Waals surface area contributed by atoms with Crippen LogP contribution in [0.1, 0.15) is 0 Å². The SMILES string of the molecule is C=CC(=O)NCC(CS(=O)(=O)O)CS(=O)(=O)O. The molecule has 17 heavy (non-hydrogen) atoms. The summed E-state index contributed by atoms with van der Waals surface area (Å²) in [6, 6.07) is 0. The molecule has 8 nitrogen and oxygen atoms in total. The van der Waals surface area contributed by atoms with Crippen LogP contribution in [0.25, 0.3) is 0 Å². The van der Waals surface area contributed by atoms with Gasteiger partial charge >= 0.3 is 0 Å². The van der Waals surface area contributed by atoms with Gasteiger partial charge in [-0.25, -0.2) is 0 Å². The van der Waals surface area contributed by atoms with Crippen molar-refractivity contribution in [3.8, 4) is 0 Å². The Kier molecular flexibility index (Phi) is 5.75. The standard InChI is InChI=1S/C7H13NO7S2/c1-2-7(9)8-3-6(4-16(10,11)12)5-17(13,14)15/h2,6H,1,3-5H2,(H,8,9)(H,10,11,12)(H,13,14,15). The molecule has 3 N–H and O–H groups in total. The van der Waals surface area contributed by atoms with E-state index in [0.717, 1.165) is 6.08 Å². The van der Waals surface area contributed by atoms with Crippen LogP contribution in [0.15, 0.2) is 12.7 Å². The zero-order chi connectivity index (χ0) is 13.7. The van der Waals surface area contributed by atoms with Crippen molar-refractivity contribution in [1.29, 1.82) is 0 Å². The fraction of sp³-hybridized carbons (Fsp3) is 0.571. The van der Waals surface area contributed by atoms with E-state index in [0.29, 0.717) is 0 Å². The summed E-state index contributed by atoms with van der Waals surface area (Å²) in [5, 5.41) is 2.17. The number of hydrogen-bond donors (Lipinski definition) is 3. The quantitative estimate of drug-likeness (QED) is 0.390. The van der Waals surface area contributed by atoms with Gasteiger partial charge in [0.05, 0.1) is 11.5 Å². The number of rotatable bonds is 7. The van der Waals surface area contributed by atoms with Crippen molar-refractivity contribution in [2.24, 2.45) is 5.92 Å². The molecule has 0 aliphatic carbocycles. The zero-order valence-corrected chi connectivity index (χ0v) is 10.4. The van der Waals surface area contributed by atoms with E-state index in [-0.39, 0.29) is 6.54 Å². The van der Waals surface area contributed by atoms with Crippen LogP contribution in [-0.2, 0) is 25.0 Å². The molecule has 0 bridgehead atoms. The predicted octanol–water partition coefficient (Wildman–Crippen LogP) is -1.32. The molecular formula is C7H13NO7S2. The maximum atomic E-state index is 10.8. The van der Waals surface area contributed by atoms with Gasteiger partial charge in [0.2, 0.25) is 5.91 Å². The van der Waals surface area contributed by atoms with Crippen molar-refractivity contribution < 1.29 is 30.7 Å². The highest BCUT2D eigenvalue weighted by molar-refractivity contribution is 7.86. The minimum absolute atomic E-state index is 0.329. The molecule has 10 heteroatoms. The third-order valence-corrected chi connectivity index (χ3v) is 3.43. The van der Waals surface area contributed by atoms with E-state index in [1.807, 2.05) is 0 Å². The Labute approximate surface area is 99.2 Å². The van der Waals surface area contributed by atoms with Crippen molar-refractivity contribution in [3.05, 3.63) is 12.7 Å². The van der Waals surface area contributed by atoms with E-state index < -0.39 is 43.6 Å². The first-order valence-corrected chi connectivity index (χ1v) is 7.56. The fourth-order valence-electron chi connectivity index (χ4n) is 1.08. The second kappa shape index (κ2) is 6.10. The number of nitrogens with one attached hydrogen (secondary N) is 1. The molecule has 0 spiro atoms. The Balaban J connectivity index is 4.63. The van der Waals surface area contributed by atoms with Gasteiger partial charge in [-0.15, -0.1) is 0 Å². The van der Waals surface area contributed by atoms with Crippen molar-refractivity contribution in [1.82, 2.24) is 5.32 Å². The molecule has 0 atom stereocenters. The Bertz CT molecular complexity index is 444. The largest absolute Gasteiger partial charge is 0.352 e. The van der Waals surface area contributed by atoms with E-state index in [1.54, 1.807) is 0 Å². The fourth-order valence-corrected chi connectivity index (χ4v) is 2.89. The lowest BCUT2D eigenvalue weighted by Crippen LogP contribution is -2.35. The summed E-state index contributed by atoms with van der Waals surface area (Å²) in [4.78, 5) is 10.8. The number of carbonyl (C=O) groups is 1. The maximum Gasteiger partial charge on any atom is 0.265 e. The summed E-state index contributed by atoms with van der Waals surface area (Å²) in [6.45, 7) is 2.81. The van der Waals surface area contributed by atoms with Gasteiger partial charge in [0.25, 0.3) is 20.2 Å². The minimum atomic E-state index is -4.40. The maximum absolute atomic E-state index is 10.8. The summed E-state index contributed by atoms with van der Waals surface area (Å²) >= 11 is 0. The van der Waals surface area contributed by atoms with E-state index in [4.69, 9.17) is 9.11 Å². The highest BCUT2D eigenvalue weighted by atomic mass is 32.2. The first kappa shape index (κ1) is 16.0. The summed E-state index contributed by atoms with van der Waals surface area (Å²) < 4.78 is 59.5. The molecule has 0 aliphatic rings. The van der Waals surface area contributed by atoms with Gasteiger partial charge in [0.15, 0.2) is 0 Å². The molecule has 0 heterocycles. The van der Waals surface area contributed by atoms with Crippen LogP contribution >= 0.6 is 0 Å². The third kappa shape index (κ3) is 9.93. The van der Waals surface area contributed by atoms with Crippen LogP contribution < -0.4 is 5.32 Å². The smallest absolute Gasteiger partial charge is 0.265 e. The molecule has 0 fully saturated rings. The number of amides is 1. The summed E-state index contributed by atoms with van der Waals surface area (Å²) in [6.07, 6.45) is 0.915. The third-order valence-electron chi connectivity index (χ3n) is 1.64. The highest BCUT2D eigenvalue weighted by Gasteiger charge is 2.22. The van der Waals surface area contributed by atoms with Crippen molar-refractivity contribution >= 4 is 26.1 Å². The second-order valence-corrected chi connectivity index (χ2v) is 6.31. The van der Waals surface area contributed by atoms with Gasteiger partial charge in [-0.2, -0.15) is 16.8 Å². The van der Waals surface area contributed by atoms with Gasteiger partial charge in [0, 0.05) is 12.5 Å². The van der Waals surface area contributed by atoms with E-state index >= 15 is 0 Å². The molecule has 0 aromatic rings. The summed E-state index contributed by atoms with van der Waals surface area (Å²) in [5.74, 6) is -3.54. The number of carbonyl (C=O) groups excluding carboxylic acids is 1. The molecule has 0 saturated heterocycles. The van der Waals surface area contributed by atoms with Gasteiger partial charge in [0.1, 0.15) is 0 Å². The molecule has 0 aliphatic heterocycles. The van der Waals surface area contributed by atoms with Crippen molar-refractivity contribution in [2.75, 3.05) is 18.1 Å². The highest BCUT2D eigenvalue weighted by Crippen LogP contribution is 2.03. The van der Waals surface area contributed by atoms with E-state index in [2.05, 4.69) is 11.9 Å². The molecule has 0 aromatic carbocycles. The first-order valence-electron chi connectivity index (χ1n) is 4.34. The van der Waals surface area contributed by atoms with Crippen LogP contribution in [0.2, 0.25) is 0 Å². The summed E-state index contributed by atoms with van der Waals surface area (Å²) in [5.41, 5.74) is 0. The molecule has 1 amide bonds. The van der Waals surface area contributed by atoms with Gasteiger partial charge in [-0.3, -0.25) is 13.9 Å². The zero-order valence-electron chi connectivity index (χ0n) is 8.74. The van der Waals surface area contributed by atoms with Crippen LogP contribution in [0.5, 0.6) is 0 Å². The Hall–Kier alpha value is -0.970. The summed E-state index contributed by atoms with van der Waals surface area (Å²) in [7, 11) is -8.81. The lowest BCUT2D eigenvalue weighted by atomic mass is 10.2. The van der Waals surface area contributed by atoms with Gasteiger partial charge in [-0.05, 0) is 6.08 Å². The van der Waals surface area contributed by atoms with Crippen LogP contribution in [0.3, 0.4) is 0 Å². The molecular weight excluding hydrogens is 274 g/mol. The lowest BCUT2D eigenvalue weighted by Gasteiger charge is -2.13. The average Bonchev–Trinajstić information content (AvgIpc) is 2.08. The normalized spacial score (nSPS) is 12.4. The number of hydrogen-bond acceptors (Lipinski definition) is 5. The van der Waals surface area contributed by atoms with Crippen LogP contribution in [0.4, 0.5) is 0 Å².